The zero-order chi connectivity index (χ0) is 20.9. The van der Waals surface area contributed by atoms with Crippen LogP contribution in [-0.2, 0) is 19.4 Å². The Morgan fingerprint density at radius 3 is 2.83 bits per heavy atom. The smallest absolute Gasteiger partial charge is 0.267 e. The molecule has 1 amide bonds. The summed E-state index contributed by atoms with van der Waals surface area (Å²) < 4.78 is 1.61. The number of rotatable bonds is 6. The second-order valence-electron chi connectivity index (χ2n) is 8.22. The number of aryl methyl sites for hydroxylation is 2. The maximum atomic E-state index is 12.4. The Hall–Kier alpha value is -2.74. The quantitative estimate of drug-likeness (QED) is 0.741. The minimum Gasteiger partial charge on any atom is -0.350 e. The predicted molar refractivity (Wildman–Crippen MR) is 114 cm³/mol. The molecule has 0 saturated carbocycles. The molecule has 4 rings (SSSR count). The number of hydrogen-bond acceptors (Lipinski definition) is 5. The largest absolute Gasteiger partial charge is 0.350 e. The summed E-state index contributed by atoms with van der Waals surface area (Å²) in [5, 5.41) is 7.60. The van der Waals surface area contributed by atoms with Crippen molar-refractivity contribution in [3.8, 4) is 0 Å². The lowest BCUT2D eigenvalue weighted by Gasteiger charge is -2.35. The van der Waals surface area contributed by atoms with Crippen LogP contribution in [0.1, 0.15) is 53.7 Å². The van der Waals surface area contributed by atoms with Crippen molar-refractivity contribution in [3.05, 3.63) is 61.9 Å². The Labute approximate surface area is 175 Å². The molecule has 1 atom stereocenters. The van der Waals surface area contributed by atoms with Crippen molar-refractivity contribution >= 4 is 5.91 Å². The van der Waals surface area contributed by atoms with Crippen LogP contribution >= 0.6 is 0 Å². The van der Waals surface area contributed by atoms with E-state index in [0.29, 0.717) is 18.7 Å². The van der Waals surface area contributed by atoms with E-state index in [1.54, 1.807) is 10.7 Å². The van der Waals surface area contributed by atoms with E-state index in [4.69, 9.17) is 0 Å². The van der Waals surface area contributed by atoms with Crippen molar-refractivity contribution in [3.63, 3.8) is 0 Å². The minimum absolute atomic E-state index is 0.0180. The molecule has 8 nitrogen and oxygen atoms in total. The van der Waals surface area contributed by atoms with Crippen molar-refractivity contribution in [2.24, 2.45) is 0 Å². The molecule has 1 unspecified atom stereocenters. The molecule has 2 N–H and O–H groups in total. The molecule has 1 fully saturated rings. The highest BCUT2D eigenvalue weighted by Gasteiger charge is 2.23. The number of H-pyrrole nitrogens is 1. The van der Waals surface area contributed by atoms with Crippen molar-refractivity contribution in [2.45, 2.75) is 57.5 Å². The average molecular weight is 412 g/mol. The maximum Gasteiger partial charge on any atom is 0.267 e. The first-order valence-corrected chi connectivity index (χ1v) is 10.9. The summed E-state index contributed by atoms with van der Waals surface area (Å²) in [4.78, 5) is 40.8. The molecule has 1 aliphatic carbocycles. The summed E-state index contributed by atoms with van der Waals surface area (Å²) in [7, 11) is 0. The molecule has 30 heavy (non-hydrogen) atoms. The highest BCUT2D eigenvalue weighted by atomic mass is 16.2. The molecule has 0 radical (unpaired) electrons. The van der Waals surface area contributed by atoms with Crippen molar-refractivity contribution in [2.75, 3.05) is 19.6 Å². The van der Waals surface area contributed by atoms with E-state index < -0.39 is 0 Å². The molecule has 1 saturated heterocycles. The van der Waals surface area contributed by atoms with Gasteiger partial charge in [-0.15, -0.1) is 0 Å². The van der Waals surface area contributed by atoms with Gasteiger partial charge in [0.25, 0.3) is 11.5 Å². The number of piperidine rings is 1. The number of carbonyl (C=O) groups excluding carboxylic acids is 1. The third-order valence-corrected chi connectivity index (χ3v) is 6.17. The third-order valence-electron chi connectivity index (χ3n) is 6.17. The molecule has 3 heterocycles. The Bertz CT molecular complexity index is 992. The molecular formula is C22H29N5O3. The number of aromatic nitrogens is 3. The highest BCUT2D eigenvalue weighted by molar-refractivity contribution is 5.93. The Balaban J connectivity index is 1.36. The standard InChI is InChI=1S/C22H29N5O3/c28-20-9-8-17(14-23-20)22(30)24-15-18-6-3-4-10-26(18)11-12-27-21(29)13-16-5-1-2-7-19(16)25-27/h8-9,13-14,18H,1-7,10-12,15H2,(H,23,28)(H,24,30). The molecule has 0 bridgehead atoms. The van der Waals surface area contributed by atoms with Crippen LogP contribution in [0.25, 0.3) is 0 Å². The maximum absolute atomic E-state index is 12.4. The summed E-state index contributed by atoms with van der Waals surface area (Å²) in [6.07, 6.45) is 8.90. The zero-order valence-electron chi connectivity index (χ0n) is 17.2. The number of aromatic amines is 1. The second-order valence-corrected chi connectivity index (χ2v) is 8.22. The fourth-order valence-electron chi connectivity index (χ4n) is 4.43. The Morgan fingerprint density at radius 1 is 1.13 bits per heavy atom. The number of amides is 1. The first-order valence-electron chi connectivity index (χ1n) is 10.9. The fraction of sp³-hybridized carbons (Fsp3) is 0.545. The lowest BCUT2D eigenvalue weighted by molar-refractivity contribution is 0.0908. The number of likely N-dealkylation sites (tertiary alicyclic amines) is 1. The fourth-order valence-corrected chi connectivity index (χ4v) is 4.43. The van der Waals surface area contributed by atoms with Crippen LogP contribution < -0.4 is 16.4 Å². The number of nitrogens with zero attached hydrogens (tertiary/aromatic N) is 3. The van der Waals surface area contributed by atoms with Crippen LogP contribution in [0, 0.1) is 0 Å². The summed E-state index contributed by atoms with van der Waals surface area (Å²) in [6, 6.07) is 4.88. The predicted octanol–water partition coefficient (Wildman–Crippen LogP) is 1.09. The van der Waals surface area contributed by atoms with E-state index >= 15 is 0 Å². The van der Waals surface area contributed by atoms with E-state index in [9.17, 15) is 14.4 Å². The average Bonchev–Trinajstić information content (AvgIpc) is 2.77. The number of carbonyl (C=O) groups is 1. The SMILES string of the molecule is O=C(NCC1CCCCN1CCn1nc2c(cc1=O)CCCC2)c1ccc(=O)[nH]c1. The third kappa shape index (κ3) is 4.87. The lowest BCUT2D eigenvalue weighted by Crippen LogP contribution is -2.48. The van der Waals surface area contributed by atoms with Crippen LogP contribution in [0.5, 0.6) is 0 Å². The molecule has 2 aromatic rings. The van der Waals surface area contributed by atoms with Gasteiger partial charge in [-0.05, 0) is 56.7 Å². The Morgan fingerprint density at radius 2 is 2.00 bits per heavy atom. The van der Waals surface area contributed by atoms with Crippen LogP contribution in [0.4, 0.5) is 0 Å². The zero-order valence-corrected chi connectivity index (χ0v) is 17.2. The van der Waals surface area contributed by atoms with Gasteiger partial charge in [-0.2, -0.15) is 5.10 Å². The van der Waals surface area contributed by atoms with E-state index in [-0.39, 0.29) is 23.1 Å². The summed E-state index contributed by atoms with van der Waals surface area (Å²) >= 11 is 0. The molecule has 1 aliphatic heterocycles. The van der Waals surface area contributed by atoms with Gasteiger partial charge in [0.2, 0.25) is 5.56 Å². The summed E-state index contributed by atoms with van der Waals surface area (Å²) in [6.45, 7) is 2.81. The van der Waals surface area contributed by atoms with Crippen LogP contribution in [0.3, 0.4) is 0 Å². The number of hydrogen-bond donors (Lipinski definition) is 2. The van der Waals surface area contributed by atoms with Gasteiger partial charge in [-0.3, -0.25) is 19.3 Å². The molecule has 0 aromatic carbocycles. The van der Waals surface area contributed by atoms with Gasteiger partial charge in [-0.1, -0.05) is 6.42 Å². The molecule has 160 valence electrons. The normalized spacial score (nSPS) is 19.3. The molecular weight excluding hydrogens is 382 g/mol. The molecule has 8 heteroatoms. The number of nitrogens with one attached hydrogen (secondary N) is 2. The molecule has 2 aliphatic rings. The van der Waals surface area contributed by atoms with E-state index in [2.05, 4.69) is 20.3 Å². The van der Waals surface area contributed by atoms with Crippen LogP contribution in [0.15, 0.2) is 34.0 Å². The van der Waals surface area contributed by atoms with Crippen molar-refractivity contribution in [1.29, 1.82) is 0 Å². The first kappa shape index (κ1) is 20.5. The van der Waals surface area contributed by atoms with Gasteiger partial charge < -0.3 is 10.3 Å². The number of pyridine rings is 1. The lowest BCUT2D eigenvalue weighted by atomic mass is 9.97. The number of fused-ring (bicyclic) bond motifs is 1. The van der Waals surface area contributed by atoms with E-state index in [1.165, 1.54) is 18.3 Å². The van der Waals surface area contributed by atoms with Gasteiger partial charge in [0.05, 0.1) is 17.8 Å². The van der Waals surface area contributed by atoms with Gasteiger partial charge in [0.15, 0.2) is 0 Å². The van der Waals surface area contributed by atoms with Gasteiger partial charge in [-0.25, -0.2) is 4.68 Å². The summed E-state index contributed by atoms with van der Waals surface area (Å²) in [5.74, 6) is -0.190. The van der Waals surface area contributed by atoms with E-state index in [0.717, 1.165) is 69.3 Å². The van der Waals surface area contributed by atoms with Gasteiger partial charge >= 0.3 is 0 Å². The van der Waals surface area contributed by atoms with Crippen LogP contribution in [-0.4, -0.2) is 51.2 Å². The molecule has 0 spiro atoms. The Kier molecular flexibility index (Phi) is 6.42. The first-order chi connectivity index (χ1) is 14.6. The van der Waals surface area contributed by atoms with Crippen molar-refractivity contribution < 1.29 is 4.79 Å². The van der Waals surface area contributed by atoms with Gasteiger partial charge in [0, 0.05) is 37.5 Å². The molecule has 2 aromatic heterocycles. The van der Waals surface area contributed by atoms with Crippen LogP contribution in [0.2, 0.25) is 0 Å². The van der Waals surface area contributed by atoms with E-state index in [1.807, 2.05) is 0 Å². The minimum atomic E-state index is -0.226. The monoisotopic (exact) mass is 411 g/mol. The van der Waals surface area contributed by atoms with Crippen molar-refractivity contribution in [1.82, 2.24) is 25.0 Å². The van der Waals surface area contributed by atoms with Gasteiger partial charge in [0.1, 0.15) is 0 Å². The highest BCUT2D eigenvalue weighted by Crippen LogP contribution is 2.18. The topological polar surface area (TPSA) is 100 Å². The summed E-state index contributed by atoms with van der Waals surface area (Å²) in [5.41, 5.74) is 2.39. The second kappa shape index (κ2) is 9.38.